The van der Waals surface area contributed by atoms with E-state index in [1.54, 1.807) is 6.07 Å². The van der Waals surface area contributed by atoms with Gasteiger partial charge in [-0.3, -0.25) is 4.79 Å². The van der Waals surface area contributed by atoms with Gasteiger partial charge in [-0.25, -0.2) is 4.39 Å². The number of benzene rings is 1. The molecule has 0 unspecified atom stereocenters. The van der Waals surface area contributed by atoms with E-state index in [0.29, 0.717) is 18.5 Å². The number of amides is 1. The zero-order valence-electron chi connectivity index (χ0n) is 9.98. The third kappa shape index (κ3) is 2.75. The van der Waals surface area contributed by atoms with Gasteiger partial charge < -0.3 is 10.6 Å². The number of aryl methyl sites for hydroxylation is 1. The van der Waals surface area contributed by atoms with Crippen LogP contribution >= 0.6 is 0 Å². The summed E-state index contributed by atoms with van der Waals surface area (Å²) >= 11 is 0. The van der Waals surface area contributed by atoms with Crippen LogP contribution in [0.1, 0.15) is 31.7 Å². The van der Waals surface area contributed by atoms with Crippen LogP contribution < -0.4 is 10.6 Å². The third-order valence-corrected chi connectivity index (χ3v) is 2.93. The molecular formula is C13H17FN2O. The number of hydrogen-bond donors (Lipinski definition) is 2. The maximum atomic E-state index is 13.7. The molecular weight excluding hydrogens is 219 g/mol. The number of carbonyl (C=O) groups excluding carboxylic acids is 1. The van der Waals surface area contributed by atoms with Crippen molar-refractivity contribution in [3.63, 3.8) is 0 Å². The molecule has 1 aromatic carbocycles. The Morgan fingerprint density at radius 1 is 1.41 bits per heavy atom. The average molecular weight is 236 g/mol. The predicted molar refractivity (Wildman–Crippen MR) is 66.7 cm³/mol. The van der Waals surface area contributed by atoms with Gasteiger partial charge in [-0.1, -0.05) is 13.3 Å². The minimum Gasteiger partial charge on any atom is -0.383 e. The second-order valence-corrected chi connectivity index (χ2v) is 4.32. The summed E-state index contributed by atoms with van der Waals surface area (Å²) in [6.07, 6.45) is 3.13. The Morgan fingerprint density at radius 2 is 2.24 bits per heavy atom. The van der Waals surface area contributed by atoms with Gasteiger partial charge >= 0.3 is 0 Å². The van der Waals surface area contributed by atoms with Crippen LogP contribution in [0.2, 0.25) is 0 Å². The number of carbonyl (C=O) groups is 1. The SMILES string of the molecule is CCCCNc1cc2c(cc1F)CCC(=O)N2. The van der Waals surface area contributed by atoms with Crippen molar-refractivity contribution in [2.75, 3.05) is 17.2 Å². The highest BCUT2D eigenvalue weighted by molar-refractivity contribution is 5.94. The number of anilines is 2. The van der Waals surface area contributed by atoms with Crippen molar-refractivity contribution in [1.29, 1.82) is 0 Å². The molecule has 1 heterocycles. The fraction of sp³-hybridized carbons (Fsp3) is 0.462. The molecule has 17 heavy (non-hydrogen) atoms. The number of fused-ring (bicyclic) bond motifs is 1. The fourth-order valence-electron chi connectivity index (χ4n) is 1.93. The lowest BCUT2D eigenvalue weighted by Crippen LogP contribution is -2.19. The van der Waals surface area contributed by atoms with Gasteiger partial charge in [-0.05, 0) is 30.5 Å². The molecule has 92 valence electrons. The molecule has 0 aromatic heterocycles. The first-order chi connectivity index (χ1) is 8.20. The summed E-state index contributed by atoms with van der Waals surface area (Å²) in [6.45, 7) is 2.84. The molecule has 1 aromatic rings. The Kier molecular flexibility index (Phi) is 3.61. The minimum atomic E-state index is -0.240. The van der Waals surface area contributed by atoms with Crippen LogP contribution in [0.25, 0.3) is 0 Å². The van der Waals surface area contributed by atoms with Gasteiger partial charge in [-0.2, -0.15) is 0 Å². The highest BCUT2D eigenvalue weighted by Crippen LogP contribution is 2.28. The maximum absolute atomic E-state index is 13.7. The molecule has 0 radical (unpaired) electrons. The molecule has 4 heteroatoms. The molecule has 0 fully saturated rings. The van der Waals surface area contributed by atoms with Crippen molar-refractivity contribution >= 4 is 17.3 Å². The van der Waals surface area contributed by atoms with Crippen LogP contribution in [0, 0.1) is 5.82 Å². The lowest BCUT2D eigenvalue weighted by atomic mass is 10.0. The molecule has 3 nitrogen and oxygen atoms in total. The molecule has 0 atom stereocenters. The summed E-state index contributed by atoms with van der Waals surface area (Å²) in [5, 5.41) is 5.82. The van der Waals surface area contributed by atoms with Crippen molar-refractivity contribution in [1.82, 2.24) is 0 Å². The van der Waals surface area contributed by atoms with Crippen LogP contribution in [0.5, 0.6) is 0 Å². The number of hydrogen-bond acceptors (Lipinski definition) is 2. The van der Waals surface area contributed by atoms with Crippen LogP contribution in [0.3, 0.4) is 0 Å². The van der Waals surface area contributed by atoms with E-state index in [0.717, 1.165) is 30.6 Å². The Balaban J connectivity index is 2.17. The van der Waals surface area contributed by atoms with Gasteiger partial charge in [0.25, 0.3) is 0 Å². The number of nitrogens with one attached hydrogen (secondary N) is 2. The van der Waals surface area contributed by atoms with Gasteiger partial charge in [0, 0.05) is 18.7 Å². The smallest absolute Gasteiger partial charge is 0.224 e. The van der Waals surface area contributed by atoms with Crippen LogP contribution in [0.4, 0.5) is 15.8 Å². The predicted octanol–water partition coefficient (Wildman–Crippen LogP) is 2.92. The van der Waals surface area contributed by atoms with E-state index in [-0.39, 0.29) is 11.7 Å². The Labute approximate surface area is 100 Å². The molecule has 1 aliphatic rings. The van der Waals surface area contributed by atoms with Crippen molar-refractivity contribution in [3.05, 3.63) is 23.5 Å². The molecule has 2 N–H and O–H groups in total. The van der Waals surface area contributed by atoms with Crippen LogP contribution in [-0.2, 0) is 11.2 Å². The quantitative estimate of drug-likeness (QED) is 0.789. The second-order valence-electron chi connectivity index (χ2n) is 4.32. The van der Waals surface area contributed by atoms with Crippen molar-refractivity contribution < 1.29 is 9.18 Å². The van der Waals surface area contributed by atoms with Crippen molar-refractivity contribution in [3.8, 4) is 0 Å². The van der Waals surface area contributed by atoms with Crippen LogP contribution in [-0.4, -0.2) is 12.5 Å². The van der Waals surface area contributed by atoms with Crippen molar-refractivity contribution in [2.24, 2.45) is 0 Å². The number of unbranched alkanes of at least 4 members (excludes halogenated alkanes) is 1. The monoisotopic (exact) mass is 236 g/mol. The van der Waals surface area contributed by atoms with Gasteiger partial charge in [-0.15, -0.1) is 0 Å². The lowest BCUT2D eigenvalue weighted by Gasteiger charge is -2.18. The summed E-state index contributed by atoms with van der Waals surface area (Å²) in [5.41, 5.74) is 2.09. The molecule has 0 bridgehead atoms. The summed E-state index contributed by atoms with van der Waals surface area (Å²) in [7, 11) is 0. The Morgan fingerprint density at radius 3 is 3.00 bits per heavy atom. The lowest BCUT2D eigenvalue weighted by molar-refractivity contribution is -0.116. The molecule has 0 saturated heterocycles. The molecule has 0 aliphatic carbocycles. The van der Waals surface area contributed by atoms with E-state index >= 15 is 0 Å². The van der Waals surface area contributed by atoms with Gasteiger partial charge in [0.05, 0.1) is 5.69 Å². The number of rotatable bonds is 4. The average Bonchev–Trinajstić information content (AvgIpc) is 2.31. The first kappa shape index (κ1) is 11.9. The molecule has 2 rings (SSSR count). The fourth-order valence-corrected chi connectivity index (χ4v) is 1.93. The topological polar surface area (TPSA) is 41.1 Å². The summed E-state index contributed by atoms with van der Waals surface area (Å²) in [6, 6.07) is 3.21. The minimum absolute atomic E-state index is 0.00335. The van der Waals surface area contributed by atoms with E-state index in [9.17, 15) is 9.18 Å². The zero-order valence-corrected chi connectivity index (χ0v) is 9.98. The van der Waals surface area contributed by atoms with E-state index in [1.807, 2.05) is 0 Å². The van der Waals surface area contributed by atoms with Gasteiger partial charge in [0.1, 0.15) is 5.82 Å². The van der Waals surface area contributed by atoms with E-state index in [4.69, 9.17) is 0 Å². The first-order valence-corrected chi connectivity index (χ1v) is 6.07. The first-order valence-electron chi connectivity index (χ1n) is 6.07. The Hall–Kier alpha value is -1.58. The molecule has 1 aliphatic heterocycles. The summed E-state index contributed by atoms with van der Waals surface area (Å²) in [5.74, 6) is -0.236. The third-order valence-electron chi connectivity index (χ3n) is 2.93. The summed E-state index contributed by atoms with van der Waals surface area (Å²) in [4.78, 5) is 11.3. The molecule has 0 spiro atoms. The Bertz CT molecular complexity index is 432. The highest BCUT2D eigenvalue weighted by Gasteiger charge is 2.17. The van der Waals surface area contributed by atoms with E-state index < -0.39 is 0 Å². The van der Waals surface area contributed by atoms with Crippen molar-refractivity contribution in [2.45, 2.75) is 32.6 Å². The summed E-state index contributed by atoms with van der Waals surface area (Å²) < 4.78 is 13.7. The molecule has 1 amide bonds. The largest absolute Gasteiger partial charge is 0.383 e. The zero-order chi connectivity index (χ0) is 12.3. The maximum Gasteiger partial charge on any atom is 0.224 e. The second kappa shape index (κ2) is 5.17. The standard InChI is InChI=1S/C13H17FN2O/c1-2-3-6-15-12-8-11-9(7-10(12)14)4-5-13(17)16-11/h7-8,15H,2-6H2,1H3,(H,16,17). The van der Waals surface area contributed by atoms with Gasteiger partial charge in [0.2, 0.25) is 5.91 Å². The van der Waals surface area contributed by atoms with E-state index in [2.05, 4.69) is 17.6 Å². The van der Waals surface area contributed by atoms with Crippen LogP contribution in [0.15, 0.2) is 12.1 Å². The number of halogens is 1. The normalized spacial score (nSPS) is 14.1. The highest BCUT2D eigenvalue weighted by atomic mass is 19.1. The van der Waals surface area contributed by atoms with E-state index in [1.165, 1.54) is 6.07 Å². The molecule has 0 saturated carbocycles. The van der Waals surface area contributed by atoms with Gasteiger partial charge in [0.15, 0.2) is 0 Å².